The molecule has 0 radical (unpaired) electrons. The van der Waals surface area contributed by atoms with Crippen LogP contribution in [0.1, 0.15) is 35.2 Å². The highest BCUT2D eigenvalue weighted by Gasteiger charge is 2.15. The zero-order valence-corrected chi connectivity index (χ0v) is 15.3. The summed E-state index contributed by atoms with van der Waals surface area (Å²) in [7, 11) is 0. The summed E-state index contributed by atoms with van der Waals surface area (Å²) in [5, 5.41) is 3.77. The van der Waals surface area contributed by atoms with Gasteiger partial charge in [-0.25, -0.2) is 9.37 Å². The topological polar surface area (TPSA) is 45.2 Å². The molecular weight excluding hydrogens is 341 g/mol. The number of carbonyl (C=O) groups excluding carboxylic acids is 1. The maximum atomic E-state index is 13.8. The number of fused-ring (bicyclic) bond motifs is 1. The Morgan fingerprint density at radius 3 is 2.63 bits per heavy atom. The first-order valence-corrected chi connectivity index (χ1v) is 9.34. The molecule has 1 saturated heterocycles. The van der Waals surface area contributed by atoms with Crippen LogP contribution in [0.15, 0.2) is 48.5 Å². The normalized spacial score (nSPS) is 14.4. The molecular formula is C22H22FN3O. The number of nitrogens with one attached hydrogen (secondary N) is 1. The first-order valence-electron chi connectivity index (χ1n) is 9.34. The lowest BCUT2D eigenvalue weighted by Crippen LogP contribution is -2.30. The van der Waals surface area contributed by atoms with Gasteiger partial charge in [0.2, 0.25) is 0 Å². The van der Waals surface area contributed by atoms with Crippen molar-refractivity contribution in [2.75, 3.05) is 23.3 Å². The summed E-state index contributed by atoms with van der Waals surface area (Å²) in [4.78, 5) is 19.5. The van der Waals surface area contributed by atoms with E-state index in [1.165, 1.54) is 31.4 Å². The molecule has 1 aliphatic rings. The molecule has 1 aromatic heterocycles. The Balaban J connectivity index is 1.61. The van der Waals surface area contributed by atoms with Gasteiger partial charge < -0.3 is 10.2 Å². The van der Waals surface area contributed by atoms with Crippen molar-refractivity contribution < 1.29 is 9.18 Å². The monoisotopic (exact) mass is 363 g/mol. The van der Waals surface area contributed by atoms with Crippen molar-refractivity contribution in [1.82, 2.24) is 4.98 Å². The molecule has 0 bridgehead atoms. The van der Waals surface area contributed by atoms with Crippen LogP contribution in [-0.4, -0.2) is 24.0 Å². The molecule has 2 heterocycles. The Bertz CT molecular complexity index is 996. The van der Waals surface area contributed by atoms with Gasteiger partial charge in [0.15, 0.2) is 0 Å². The summed E-state index contributed by atoms with van der Waals surface area (Å²) < 4.78 is 13.8. The van der Waals surface area contributed by atoms with Crippen molar-refractivity contribution in [2.45, 2.75) is 26.2 Å². The van der Waals surface area contributed by atoms with E-state index >= 15 is 0 Å². The SMILES string of the molecule is Cc1cc(N2CCCCC2)nc2ccc(NC(=O)c3ccccc3F)cc12. The Kier molecular flexibility index (Phi) is 4.75. The minimum atomic E-state index is -0.528. The highest BCUT2D eigenvalue weighted by molar-refractivity contribution is 6.05. The number of anilines is 2. The molecule has 0 aliphatic carbocycles. The molecule has 1 aliphatic heterocycles. The fourth-order valence-corrected chi connectivity index (χ4v) is 3.58. The minimum Gasteiger partial charge on any atom is -0.357 e. The first kappa shape index (κ1) is 17.5. The molecule has 5 heteroatoms. The van der Waals surface area contributed by atoms with Crippen LogP contribution in [-0.2, 0) is 0 Å². The molecule has 0 unspecified atom stereocenters. The van der Waals surface area contributed by atoms with Crippen molar-refractivity contribution in [3.05, 3.63) is 65.5 Å². The number of nitrogens with zero attached hydrogens (tertiary/aromatic N) is 2. The molecule has 3 aromatic rings. The number of benzene rings is 2. The summed E-state index contributed by atoms with van der Waals surface area (Å²) in [5.41, 5.74) is 2.68. The van der Waals surface area contributed by atoms with Crippen molar-refractivity contribution in [2.24, 2.45) is 0 Å². The first-order chi connectivity index (χ1) is 13.1. The molecule has 1 amide bonds. The largest absolute Gasteiger partial charge is 0.357 e. The van der Waals surface area contributed by atoms with Crippen LogP contribution < -0.4 is 10.2 Å². The molecule has 0 spiro atoms. The molecule has 4 rings (SSSR count). The summed E-state index contributed by atoms with van der Waals surface area (Å²) in [5.74, 6) is 0.0330. The number of aryl methyl sites for hydroxylation is 1. The van der Waals surface area contributed by atoms with Crippen molar-refractivity contribution in [3.8, 4) is 0 Å². The van der Waals surface area contributed by atoms with Gasteiger partial charge in [0.25, 0.3) is 5.91 Å². The summed E-state index contributed by atoms with van der Waals surface area (Å²) in [6.07, 6.45) is 3.70. The Labute approximate surface area is 158 Å². The van der Waals surface area contributed by atoms with Gasteiger partial charge in [-0.15, -0.1) is 0 Å². The van der Waals surface area contributed by atoms with Gasteiger partial charge in [-0.3, -0.25) is 4.79 Å². The van der Waals surface area contributed by atoms with Crippen LogP contribution in [0.5, 0.6) is 0 Å². The molecule has 0 saturated carbocycles. The minimum absolute atomic E-state index is 0.0351. The highest BCUT2D eigenvalue weighted by Crippen LogP contribution is 2.27. The van der Waals surface area contributed by atoms with Gasteiger partial charge >= 0.3 is 0 Å². The van der Waals surface area contributed by atoms with E-state index in [0.717, 1.165) is 35.4 Å². The van der Waals surface area contributed by atoms with Gasteiger partial charge in [-0.05, 0) is 68.1 Å². The van der Waals surface area contributed by atoms with Gasteiger partial charge in [0.1, 0.15) is 11.6 Å². The lowest BCUT2D eigenvalue weighted by Gasteiger charge is -2.28. The van der Waals surface area contributed by atoms with E-state index in [2.05, 4.69) is 23.2 Å². The van der Waals surface area contributed by atoms with Crippen molar-refractivity contribution in [3.63, 3.8) is 0 Å². The van der Waals surface area contributed by atoms with Crippen LogP contribution in [0, 0.1) is 12.7 Å². The quantitative estimate of drug-likeness (QED) is 0.718. The number of rotatable bonds is 3. The summed E-state index contributed by atoms with van der Waals surface area (Å²) >= 11 is 0. The lowest BCUT2D eigenvalue weighted by molar-refractivity contribution is 0.102. The van der Waals surface area contributed by atoms with Crippen molar-refractivity contribution in [1.29, 1.82) is 0 Å². The second kappa shape index (κ2) is 7.35. The second-order valence-electron chi connectivity index (χ2n) is 7.01. The number of hydrogen-bond acceptors (Lipinski definition) is 3. The predicted molar refractivity (Wildman–Crippen MR) is 107 cm³/mol. The maximum Gasteiger partial charge on any atom is 0.258 e. The number of pyridine rings is 1. The molecule has 138 valence electrons. The van der Waals surface area contributed by atoms with Crippen LogP contribution in [0.3, 0.4) is 0 Å². The highest BCUT2D eigenvalue weighted by atomic mass is 19.1. The van der Waals surface area contributed by atoms with Crippen LogP contribution in [0.4, 0.5) is 15.9 Å². The zero-order valence-electron chi connectivity index (χ0n) is 15.3. The Hall–Kier alpha value is -2.95. The van der Waals surface area contributed by atoms with Crippen LogP contribution >= 0.6 is 0 Å². The number of aromatic nitrogens is 1. The van der Waals surface area contributed by atoms with E-state index in [9.17, 15) is 9.18 Å². The smallest absolute Gasteiger partial charge is 0.258 e. The van der Waals surface area contributed by atoms with E-state index < -0.39 is 11.7 Å². The predicted octanol–water partition coefficient (Wildman–Crippen LogP) is 4.92. The summed E-state index contributed by atoms with van der Waals surface area (Å²) in [6.45, 7) is 4.16. The Morgan fingerprint density at radius 2 is 1.85 bits per heavy atom. The van der Waals surface area contributed by atoms with E-state index in [4.69, 9.17) is 4.98 Å². The molecule has 1 fully saturated rings. The van der Waals surface area contributed by atoms with Gasteiger partial charge in [0.05, 0.1) is 11.1 Å². The fourth-order valence-electron chi connectivity index (χ4n) is 3.58. The van der Waals surface area contributed by atoms with E-state index in [1.807, 2.05) is 18.2 Å². The fraction of sp³-hybridized carbons (Fsp3) is 0.273. The molecule has 1 N–H and O–H groups in total. The van der Waals surface area contributed by atoms with E-state index in [1.54, 1.807) is 12.1 Å². The number of amides is 1. The zero-order chi connectivity index (χ0) is 18.8. The number of carbonyl (C=O) groups is 1. The van der Waals surface area contributed by atoms with E-state index in [-0.39, 0.29) is 5.56 Å². The van der Waals surface area contributed by atoms with E-state index in [0.29, 0.717) is 5.69 Å². The Morgan fingerprint density at radius 1 is 1.07 bits per heavy atom. The lowest BCUT2D eigenvalue weighted by atomic mass is 10.1. The average Bonchev–Trinajstić information content (AvgIpc) is 2.69. The molecule has 27 heavy (non-hydrogen) atoms. The average molecular weight is 363 g/mol. The number of halogens is 1. The van der Waals surface area contributed by atoms with Crippen molar-refractivity contribution >= 4 is 28.3 Å². The second-order valence-corrected chi connectivity index (χ2v) is 7.01. The third-order valence-electron chi connectivity index (χ3n) is 5.06. The van der Waals surface area contributed by atoms with Crippen LogP contribution in [0.2, 0.25) is 0 Å². The third kappa shape index (κ3) is 3.63. The van der Waals surface area contributed by atoms with Gasteiger partial charge in [0, 0.05) is 24.2 Å². The third-order valence-corrected chi connectivity index (χ3v) is 5.06. The molecule has 2 aromatic carbocycles. The molecule has 0 atom stereocenters. The maximum absolute atomic E-state index is 13.8. The van der Waals surface area contributed by atoms with Gasteiger partial charge in [-0.1, -0.05) is 12.1 Å². The molecule has 4 nitrogen and oxygen atoms in total. The standard InChI is InChI=1S/C22H22FN3O/c1-15-13-21(26-11-5-2-6-12-26)25-20-10-9-16(14-18(15)20)24-22(27)17-7-3-4-8-19(17)23/h3-4,7-10,13-14H,2,5-6,11-12H2,1H3,(H,24,27). The van der Waals surface area contributed by atoms with Gasteiger partial charge in [-0.2, -0.15) is 0 Å². The summed E-state index contributed by atoms with van der Waals surface area (Å²) in [6, 6.07) is 13.7. The number of hydrogen-bond donors (Lipinski definition) is 1. The number of piperidine rings is 1. The van der Waals surface area contributed by atoms with Crippen LogP contribution in [0.25, 0.3) is 10.9 Å².